The summed E-state index contributed by atoms with van der Waals surface area (Å²) in [5, 5.41) is 0. The maximum Gasteiger partial charge on any atom is 0.334 e. The molecule has 0 N–H and O–H groups in total. The minimum atomic E-state index is -0.272. The van der Waals surface area contributed by atoms with Crippen molar-refractivity contribution in [3.05, 3.63) is 53.6 Å². The molecule has 1 heterocycles. The highest BCUT2D eigenvalue weighted by Gasteiger charge is 2.28. The maximum atomic E-state index is 11.2. The van der Waals surface area contributed by atoms with E-state index >= 15 is 0 Å². The summed E-state index contributed by atoms with van der Waals surface area (Å²) < 4.78 is 5.20. The van der Waals surface area contributed by atoms with Crippen molar-refractivity contribution in [1.82, 2.24) is 0 Å². The number of esters is 1. The lowest BCUT2D eigenvalue weighted by Crippen LogP contribution is -2.07. The molecule has 1 aliphatic rings. The standard InChI is InChI=1S/C14H14O2/c1-10(8-12-6-4-3-5-7-12)13-9-11(2)14(15)16-13/h3-8,13H,2,9H2,1H3/b10-8+. The molecule has 2 nitrogen and oxygen atoms in total. The Labute approximate surface area is 95.2 Å². The van der Waals surface area contributed by atoms with E-state index in [1.54, 1.807) is 0 Å². The van der Waals surface area contributed by atoms with E-state index in [9.17, 15) is 4.79 Å². The Morgan fingerprint density at radius 3 is 2.69 bits per heavy atom. The molecular weight excluding hydrogens is 200 g/mol. The second-order valence-corrected chi connectivity index (χ2v) is 4.00. The SMILES string of the molecule is C=C1CC(/C(C)=C/c2ccccc2)OC1=O. The monoisotopic (exact) mass is 214 g/mol. The summed E-state index contributed by atoms with van der Waals surface area (Å²) in [5.41, 5.74) is 2.73. The van der Waals surface area contributed by atoms with E-state index in [1.807, 2.05) is 43.3 Å². The van der Waals surface area contributed by atoms with Crippen LogP contribution in [0.3, 0.4) is 0 Å². The lowest BCUT2D eigenvalue weighted by Gasteiger charge is -2.08. The molecule has 16 heavy (non-hydrogen) atoms. The lowest BCUT2D eigenvalue weighted by atomic mass is 10.0. The highest BCUT2D eigenvalue weighted by Crippen LogP contribution is 2.25. The minimum Gasteiger partial charge on any atom is -0.454 e. The van der Waals surface area contributed by atoms with Gasteiger partial charge in [-0.2, -0.15) is 0 Å². The van der Waals surface area contributed by atoms with Gasteiger partial charge >= 0.3 is 5.97 Å². The van der Waals surface area contributed by atoms with Crippen LogP contribution in [0.5, 0.6) is 0 Å². The summed E-state index contributed by atoms with van der Waals surface area (Å²) in [6, 6.07) is 9.99. The molecule has 0 aromatic heterocycles. The first-order valence-electron chi connectivity index (χ1n) is 5.29. The molecule has 2 rings (SSSR count). The van der Waals surface area contributed by atoms with Crippen molar-refractivity contribution in [1.29, 1.82) is 0 Å². The topological polar surface area (TPSA) is 26.3 Å². The third-order valence-electron chi connectivity index (χ3n) is 2.67. The molecule has 2 heteroatoms. The first-order valence-corrected chi connectivity index (χ1v) is 5.29. The van der Waals surface area contributed by atoms with E-state index < -0.39 is 0 Å². The molecule has 0 bridgehead atoms. The Bertz CT molecular complexity index is 427. The fourth-order valence-electron chi connectivity index (χ4n) is 1.72. The summed E-state index contributed by atoms with van der Waals surface area (Å²) in [6.45, 7) is 5.65. The van der Waals surface area contributed by atoms with Gasteiger partial charge in [0, 0.05) is 12.0 Å². The third-order valence-corrected chi connectivity index (χ3v) is 2.67. The predicted molar refractivity (Wildman–Crippen MR) is 63.7 cm³/mol. The van der Waals surface area contributed by atoms with E-state index in [0.717, 1.165) is 11.1 Å². The van der Waals surface area contributed by atoms with Gasteiger partial charge in [-0.3, -0.25) is 0 Å². The molecule has 0 saturated carbocycles. The molecule has 0 aliphatic carbocycles. The molecule has 1 fully saturated rings. The molecular formula is C14H14O2. The van der Waals surface area contributed by atoms with Gasteiger partial charge in [0.05, 0.1) is 0 Å². The van der Waals surface area contributed by atoms with Gasteiger partial charge in [-0.05, 0) is 18.1 Å². The smallest absolute Gasteiger partial charge is 0.334 e. The zero-order chi connectivity index (χ0) is 11.5. The van der Waals surface area contributed by atoms with Gasteiger partial charge < -0.3 is 4.74 Å². The summed E-state index contributed by atoms with van der Waals surface area (Å²) >= 11 is 0. The maximum absolute atomic E-state index is 11.2. The van der Waals surface area contributed by atoms with Gasteiger partial charge in [0.1, 0.15) is 6.10 Å². The van der Waals surface area contributed by atoms with Gasteiger partial charge in [-0.15, -0.1) is 0 Å². The van der Waals surface area contributed by atoms with Crippen LogP contribution in [0, 0.1) is 0 Å². The second-order valence-electron chi connectivity index (χ2n) is 4.00. The van der Waals surface area contributed by atoms with Crippen LogP contribution in [0.25, 0.3) is 6.08 Å². The van der Waals surface area contributed by atoms with Gasteiger partial charge in [0.15, 0.2) is 0 Å². The van der Waals surface area contributed by atoms with Crippen LogP contribution >= 0.6 is 0 Å². The molecule has 0 spiro atoms. The average molecular weight is 214 g/mol. The zero-order valence-electron chi connectivity index (χ0n) is 9.27. The first-order chi connectivity index (χ1) is 7.66. The number of rotatable bonds is 2. The molecule has 1 saturated heterocycles. The second kappa shape index (κ2) is 4.35. The molecule has 1 unspecified atom stereocenters. The normalized spacial score (nSPS) is 21.1. The number of cyclic esters (lactones) is 1. The minimum absolute atomic E-state index is 0.139. The van der Waals surface area contributed by atoms with Crippen molar-refractivity contribution in [3.63, 3.8) is 0 Å². The van der Waals surface area contributed by atoms with Crippen molar-refractivity contribution < 1.29 is 9.53 Å². The molecule has 1 aromatic rings. The zero-order valence-corrected chi connectivity index (χ0v) is 9.27. The lowest BCUT2D eigenvalue weighted by molar-refractivity contribution is -0.137. The van der Waals surface area contributed by atoms with E-state index in [0.29, 0.717) is 12.0 Å². The number of hydrogen-bond acceptors (Lipinski definition) is 2. The summed E-state index contributed by atoms with van der Waals surface area (Å²) in [4.78, 5) is 11.2. The van der Waals surface area contributed by atoms with Crippen LogP contribution in [0.15, 0.2) is 48.1 Å². The number of hydrogen-bond donors (Lipinski definition) is 0. The Kier molecular flexibility index (Phi) is 2.91. The van der Waals surface area contributed by atoms with E-state index in [4.69, 9.17) is 4.74 Å². The van der Waals surface area contributed by atoms with Crippen LogP contribution < -0.4 is 0 Å². The van der Waals surface area contributed by atoms with E-state index in [1.165, 1.54) is 0 Å². The van der Waals surface area contributed by atoms with Crippen LogP contribution in [0.2, 0.25) is 0 Å². The Balaban J connectivity index is 2.14. The van der Waals surface area contributed by atoms with Crippen molar-refractivity contribution in [2.24, 2.45) is 0 Å². The molecule has 82 valence electrons. The van der Waals surface area contributed by atoms with Crippen LogP contribution in [0.1, 0.15) is 18.9 Å². The third kappa shape index (κ3) is 2.22. The molecule has 1 aromatic carbocycles. The fourth-order valence-corrected chi connectivity index (χ4v) is 1.72. The average Bonchev–Trinajstić information content (AvgIpc) is 2.61. The highest BCUT2D eigenvalue weighted by atomic mass is 16.5. The van der Waals surface area contributed by atoms with Crippen LogP contribution in [0.4, 0.5) is 0 Å². The summed E-state index contributed by atoms with van der Waals surface area (Å²) in [7, 11) is 0. The van der Waals surface area contributed by atoms with Crippen molar-refractivity contribution in [2.75, 3.05) is 0 Å². The molecule has 0 radical (unpaired) electrons. The fraction of sp³-hybridized carbons (Fsp3) is 0.214. The largest absolute Gasteiger partial charge is 0.454 e. The van der Waals surface area contributed by atoms with E-state index in [-0.39, 0.29) is 12.1 Å². The Hall–Kier alpha value is -1.83. The predicted octanol–water partition coefficient (Wildman–Crippen LogP) is 2.96. The van der Waals surface area contributed by atoms with Crippen LogP contribution in [-0.4, -0.2) is 12.1 Å². The molecule has 1 atom stereocenters. The number of benzene rings is 1. The number of carbonyl (C=O) groups is 1. The molecule has 0 amide bonds. The summed E-state index contributed by atoms with van der Waals surface area (Å²) in [6.07, 6.45) is 2.50. The van der Waals surface area contributed by atoms with Gasteiger partial charge in [0.2, 0.25) is 0 Å². The highest BCUT2D eigenvalue weighted by molar-refractivity contribution is 5.90. The van der Waals surface area contributed by atoms with Gasteiger partial charge in [0.25, 0.3) is 0 Å². The van der Waals surface area contributed by atoms with Crippen molar-refractivity contribution in [3.8, 4) is 0 Å². The van der Waals surface area contributed by atoms with E-state index in [2.05, 4.69) is 6.58 Å². The van der Waals surface area contributed by atoms with Crippen molar-refractivity contribution in [2.45, 2.75) is 19.4 Å². The number of carbonyl (C=O) groups excluding carboxylic acids is 1. The van der Waals surface area contributed by atoms with Gasteiger partial charge in [-0.25, -0.2) is 4.79 Å². The first kappa shape index (κ1) is 10.7. The number of ether oxygens (including phenoxy) is 1. The van der Waals surface area contributed by atoms with Gasteiger partial charge in [-0.1, -0.05) is 43.0 Å². The van der Waals surface area contributed by atoms with Crippen molar-refractivity contribution >= 4 is 12.0 Å². The Morgan fingerprint density at radius 1 is 1.44 bits per heavy atom. The van der Waals surface area contributed by atoms with Crippen LogP contribution in [-0.2, 0) is 9.53 Å². The Morgan fingerprint density at radius 2 is 2.12 bits per heavy atom. The summed E-state index contributed by atoms with van der Waals surface area (Å²) in [5.74, 6) is -0.272. The molecule has 1 aliphatic heterocycles. The quantitative estimate of drug-likeness (QED) is 0.559.